The second-order valence-corrected chi connectivity index (χ2v) is 6.50. The number of hydrogen-bond acceptors (Lipinski definition) is 5. The van der Waals surface area contributed by atoms with Crippen LogP contribution in [0.2, 0.25) is 0 Å². The number of nitrogen functional groups attached to an aromatic ring is 1. The molecule has 0 aliphatic carbocycles. The lowest BCUT2D eigenvalue weighted by Crippen LogP contribution is -2.40. The van der Waals surface area contributed by atoms with E-state index in [0.717, 1.165) is 22.3 Å². The zero-order valence-electron chi connectivity index (χ0n) is 12.4. The molecule has 1 saturated heterocycles. The van der Waals surface area contributed by atoms with E-state index in [1.54, 1.807) is 4.90 Å². The van der Waals surface area contributed by atoms with Gasteiger partial charge < -0.3 is 15.4 Å². The summed E-state index contributed by atoms with van der Waals surface area (Å²) in [7, 11) is 1.82. The quantitative estimate of drug-likeness (QED) is 0.925. The number of fused-ring (bicyclic) bond motifs is 1. The maximum atomic E-state index is 12.7. The number of hydrogen-bond donors (Lipinski definition) is 1. The molecule has 3 heterocycles. The summed E-state index contributed by atoms with van der Waals surface area (Å²) < 4.78 is 5.54. The van der Waals surface area contributed by atoms with Crippen molar-refractivity contribution in [3.63, 3.8) is 0 Å². The summed E-state index contributed by atoms with van der Waals surface area (Å²) in [5.41, 5.74) is 7.61. The minimum Gasteiger partial charge on any atom is -0.397 e. The van der Waals surface area contributed by atoms with Gasteiger partial charge >= 0.3 is 0 Å². The first kappa shape index (κ1) is 14.3. The second-order valence-electron chi connectivity index (χ2n) is 5.50. The summed E-state index contributed by atoms with van der Waals surface area (Å²) in [5.74, 6) is -0.0458. The Balaban J connectivity index is 1.96. The molecule has 2 atom stereocenters. The predicted octanol–water partition coefficient (Wildman–Crippen LogP) is 2.44. The molecule has 2 aromatic rings. The molecule has 0 aromatic carbocycles. The average Bonchev–Trinajstić information content (AvgIpc) is 3.01. The van der Waals surface area contributed by atoms with Gasteiger partial charge in [-0.2, -0.15) is 0 Å². The number of nitrogens with zero attached hydrogens (tertiary/aromatic N) is 2. The molecule has 0 saturated carbocycles. The SMILES string of the molecule is Cc1ccc2c(N)c(C(=O)N(C)C3CCOC3C)sc2n1. The van der Waals surface area contributed by atoms with Crippen molar-refractivity contribution < 1.29 is 9.53 Å². The van der Waals surface area contributed by atoms with Gasteiger partial charge in [0.05, 0.1) is 17.8 Å². The largest absolute Gasteiger partial charge is 0.397 e. The van der Waals surface area contributed by atoms with Crippen LogP contribution in [-0.2, 0) is 4.74 Å². The Labute approximate surface area is 127 Å². The highest BCUT2D eigenvalue weighted by molar-refractivity contribution is 7.21. The van der Waals surface area contributed by atoms with Crippen molar-refractivity contribution >= 4 is 33.1 Å². The molecule has 1 amide bonds. The zero-order chi connectivity index (χ0) is 15.1. The summed E-state index contributed by atoms with van der Waals surface area (Å²) in [5, 5.41) is 0.859. The number of carbonyl (C=O) groups is 1. The van der Waals surface area contributed by atoms with E-state index in [9.17, 15) is 4.79 Å². The first-order valence-corrected chi connectivity index (χ1v) is 7.85. The molecule has 21 heavy (non-hydrogen) atoms. The minimum absolute atomic E-state index is 0.0458. The molecule has 0 spiro atoms. The van der Waals surface area contributed by atoms with Gasteiger partial charge in [-0.1, -0.05) is 0 Å². The maximum absolute atomic E-state index is 12.7. The number of anilines is 1. The number of likely N-dealkylation sites (N-methyl/N-ethyl adjacent to an activating group) is 1. The molecule has 1 fully saturated rings. The fraction of sp³-hybridized carbons (Fsp3) is 0.467. The van der Waals surface area contributed by atoms with E-state index in [1.165, 1.54) is 11.3 Å². The van der Waals surface area contributed by atoms with E-state index in [0.29, 0.717) is 17.2 Å². The van der Waals surface area contributed by atoms with Gasteiger partial charge in [-0.05, 0) is 32.4 Å². The average molecular weight is 305 g/mol. The Morgan fingerprint density at radius 1 is 1.52 bits per heavy atom. The van der Waals surface area contributed by atoms with Crippen molar-refractivity contribution in [3.05, 3.63) is 22.7 Å². The van der Waals surface area contributed by atoms with Crippen LogP contribution in [0.3, 0.4) is 0 Å². The normalized spacial score (nSPS) is 21.9. The van der Waals surface area contributed by atoms with Crippen LogP contribution in [0, 0.1) is 6.92 Å². The summed E-state index contributed by atoms with van der Waals surface area (Å²) in [6.45, 7) is 4.63. The molecular weight excluding hydrogens is 286 g/mol. The maximum Gasteiger partial charge on any atom is 0.266 e. The predicted molar refractivity (Wildman–Crippen MR) is 84.7 cm³/mol. The number of ether oxygens (including phenoxy) is 1. The second kappa shape index (κ2) is 5.27. The number of aryl methyl sites for hydroxylation is 1. The van der Waals surface area contributed by atoms with Crippen molar-refractivity contribution in [3.8, 4) is 0 Å². The van der Waals surface area contributed by atoms with Crippen LogP contribution in [0.5, 0.6) is 0 Å². The molecule has 2 N–H and O–H groups in total. The first-order chi connectivity index (χ1) is 9.99. The monoisotopic (exact) mass is 305 g/mol. The van der Waals surface area contributed by atoms with Crippen LogP contribution < -0.4 is 5.73 Å². The Hall–Kier alpha value is -1.66. The van der Waals surface area contributed by atoms with Crippen molar-refractivity contribution in [2.45, 2.75) is 32.4 Å². The molecule has 112 valence electrons. The summed E-state index contributed by atoms with van der Waals surface area (Å²) >= 11 is 1.37. The van der Waals surface area contributed by atoms with E-state index in [1.807, 2.05) is 33.0 Å². The van der Waals surface area contributed by atoms with Gasteiger partial charge in [0.1, 0.15) is 9.71 Å². The van der Waals surface area contributed by atoms with E-state index < -0.39 is 0 Å². The summed E-state index contributed by atoms with van der Waals surface area (Å²) in [4.78, 5) is 20.3. The highest BCUT2D eigenvalue weighted by Crippen LogP contribution is 2.34. The van der Waals surface area contributed by atoms with Gasteiger partial charge in [-0.25, -0.2) is 4.98 Å². The number of carbonyl (C=O) groups excluding carboxylic acids is 1. The number of rotatable bonds is 2. The number of aromatic nitrogens is 1. The van der Waals surface area contributed by atoms with Crippen LogP contribution >= 0.6 is 11.3 Å². The van der Waals surface area contributed by atoms with Gasteiger partial charge in [0.2, 0.25) is 0 Å². The van der Waals surface area contributed by atoms with Crippen molar-refractivity contribution in [2.24, 2.45) is 0 Å². The number of nitrogens with two attached hydrogens (primary N) is 1. The Bertz CT molecular complexity index is 698. The Morgan fingerprint density at radius 3 is 2.95 bits per heavy atom. The lowest BCUT2D eigenvalue weighted by atomic mass is 10.1. The number of amides is 1. The minimum atomic E-state index is -0.0458. The standard InChI is InChI=1S/C15H19N3O2S/c1-8-4-5-10-12(16)13(21-14(10)17-8)15(19)18(3)11-6-7-20-9(11)2/h4-5,9,11H,6-7,16H2,1-3H3. The molecule has 0 radical (unpaired) electrons. The lowest BCUT2D eigenvalue weighted by molar-refractivity contribution is 0.0579. The third kappa shape index (κ3) is 2.38. The molecule has 5 nitrogen and oxygen atoms in total. The van der Waals surface area contributed by atoms with Gasteiger partial charge in [0, 0.05) is 24.7 Å². The fourth-order valence-corrected chi connectivity index (χ4v) is 3.91. The highest BCUT2D eigenvalue weighted by atomic mass is 32.1. The van der Waals surface area contributed by atoms with Crippen molar-refractivity contribution in [1.82, 2.24) is 9.88 Å². The lowest BCUT2D eigenvalue weighted by Gasteiger charge is -2.26. The van der Waals surface area contributed by atoms with E-state index in [-0.39, 0.29) is 18.1 Å². The van der Waals surface area contributed by atoms with Crippen LogP contribution in [0.15, 0.2) is 12.1 Å². The van der Waals surface area contributed by atoms with E-state index >= 15 is 0 Å². The molecule has 2 unspecified atom stereocenters. The van der Waals surface area contributed by atoms with Gasteiger partial charge in [-0.15, -0.1) is 11.3 Å². The van der Waals surface area contributed by atoms with Crippen LogP contribution in [0.1, 0.15) is 28.7 Å². The summed E-state index contributed by atoms with van der Waals surface area (Å²) in [6.07, 6.45) is 0.931. The number of pyridine rings is 1. The molecule has 0 bridgehead atoms. The van der Waals surface area contributed by atoms with Gasteiger partial charge in [0.15, 0.2) is 0 Å². The molecule has 3 rings (SSSR count). The molecule has 1 aliphatic heterocycles. The summed E-state index contributed by atoms with van der Waals surface area (Å²) in [6, 6.07) is 3.95. The van der Waals surface area contributed by atoms with Crippen LogP contribution in [-0.4, -0.2) is 41.6 Å². The Kier molecular flexibility index (Phi) is 3.59. The zero-order valence-corrected chi connectivity index (χ0v) is 13.2. The molecule has 6 heteroatoms. The van der Waals surface area contributed by atoms with E-state index in [2.05, 4.69) is 4.98 Å². The third-order valence-electron chi connectivity index (χ3n) is 4.08. The molecule has 2 aromatic heterocycles. The molecule has 1 aliphatic rings. The third-order valence-corrected chi connectivity index (χ3v) is 5.18. The smallest absolute Gasteiger partial charge is 0.266 e. The van der Waals surface area contributed by atoms with Crippen molar-refractivity contribution in [2.75, 3.05) is 19.4 Å². The van der Waals surface area contributed by atoms with Gasteiger partial charge in [-0.3, -0.25) is 4.79 Å². The van der Waals surface area contributed by atoms with Crippen LogP contribution in [0.25, 0.3) is 10.2 Å². The molecular formula is C15H19N3O2S. The van der Waals surface area contributed by atoms with E-state index in [4.69, 9.17) is 10.5 Å². The Morgan fingerprint density at radius 2 is 2.29 bits per heavy atom. The topological polar surface area (TPSA) is 68.5 Å². The van der Waals surface area contributed by atoms with Crippen LogP contribution in [0.4, 0.5) is 5.69 Å². The van der Waals surface area contributed by atoms with Gasteiger partial charge in [0.25, 0.3) is 5.91 Å². The first-order valence-electron chi connectivity index (χ1n) is 7.03. The highest BCUT2D eigenvalue weighted by Gasteiger charge is 2.32. The fourth-order valence-electron chi connectivity index (χ4n) is 2.79. The van der Waals surface area contributed by atoms with Crippen molar-refractivity contribution in [1.29, 1.82) is 0 Å². The number of thiophene rings is 1.